The van der Waals surface area contributed by atoms with Gasteiger partial charge in [-0.25, -0.2) is 0 Å². The molecule has 4 heteroatoms. The van der Waals surface area contributed by atoms with Gasteiger partial charge in [0, 0.05) is 11.8 Å². The van der Waals surface area contributed by atoms with Crippen LogP contribution in [0.25, 0.3) is 0 Å². The fraction of sp³-hybridized carbons (Fsp3) is 0.810. The first-order valence-electron chi connectivity index (χ1n) is 9.92. The second-order valence-corrected chi connectivity index (χ2v) is 9.65. The number of allylic oxidation sites excluding steroid dienone is 1. The summed E-state index contributed by atoms with van der Waals surface area (Å²) in [6.45, 7) is 4.57. The van der Waals surface area contributed by atoms with Crippen LogP contribution in [0.5, 0.6) is 0 Å². The first-order valence-corrected chi connectivity index (χ1v) is 9.92. The van der Waals surface area contributed by atoms with Gasteiger partial charge < -0.3 is 9.84 Å². The molecule has 1 aliphatic heterocycles. The van der Waals surface area contributed by atoms with Crippen LogP contribution in [-0.2, 0) is 14.3 Å². The van der Waals surface area contributed by atoms with Gasteiger partial charge in [0.1, 0.15) is 6.61 Å². The lowest BCUT2D eigenvalue weighted by molar-refractivity contribution is -0.159. The highest BCUT2D eigenvalue weighted by molar-refractivity contribution is 5.92. The van der Waals surface area contributed by atoms with E-state index in [1.54, 1.807) is 0 Å². The van der Waals surface area contributed by atoms with Crippen molar-refractivity contribution in [2.75, 3.05) is 6.61 Å². The molecule has 1 heterocycles. The molecule has 136 valence electrons. The number of Topliss-reactive ketones (excluding diaryl/α,β-unsaturated/α-hetero) is 1. The van der Waals surface area contributed by atoms with Crippen molar-refractivity contribution in [2.24, 2.45) is 28.6 Å². The maximum Gasteiger partial charge on any atom is 0.193 e. The third-order valence-electron chi connectivity index (χ3n) is 9.00. The summed E-state index contributed by atoms with van der Waals surface area (Å²) in [5.74, 6) is 1.62. The summed E-state index contributed by atoms with van der Waals surface area (Å²) in [5.41, 5.74) is -0.141. The molecule has 4 aliphatic carbocycles. The van der Waals surface area contributed by atoms with Crippen LogP contribution in [0.4, 0.5) is 0 Å². The van der Waals surface area contributed by atoms with Gasteiger partial charge in [0.05, 0.1) is 6.10 Å². The van der Waals surface area contributed by atoms with Gasteiger partial charge >= 0.3 is 0 Å². The molecular weight excluding hydrogens is 316 g/mol. The molecule has 7 atom stereocenters. The molecule has 0 unspecified atom stereocenters. The van der Waals surface area contributed by atoms with Gasteiger partial charge in [0.15, 0.2) is 17.2 Å². The third kappa shape index (κ3) is 1.76. The van der Waals surface area contributed by atoms with Crippen molar-refractivity contribution in [1.29, 1.82) is 0 Å². The summed E-state index contributed by atoms with van der Waals surface area (Å²) in [4.78, 5) is 24.4. The lowest BCUT2D eigenvalue weighted by Crippen LogP contribution is -2.58. The lowest BCUT2D eigenvalue weighted by atomic mass is 9.46. The van der Waals surface area contributed by atoms with Crippen LogP contribution < -0.4 is 0 Å². The van der Waals surface area contributed by atoms with Gasteiger partial charge in [-0.15, -0.1) is 0 Å². The number of fused-ring (bicyclic) bond motifs is 7. The number of rotatable bonds is 0. The van der Waals surface area contributed by atoms with E-state index in [0.717, 1.165) is 38.5 Å². The summed E-state index contributed by atoms with van der Waals surface area (Å²) in [5, 5.41) is 11.3. The van der Waals surface area contributed by atoms with Gasteiger partial charge in [0.25, 0.3) is 0 Å². The second kappa shape index (κ2) is 4.83. The standard InChI is InChI=1S/C21H28O4/c1-19-7-5-13(22)9-12(19)3-4-14-15(19)6-8-20(2)16(14)10-18-21(20,24)17(23)11-25-18/h9,14-16,18,24H,3-8,10-11H2,1-2H3/t14-,15+,16+,18-,19-,20-,21+/m0/s1. The minimum absolute atomic E-state index is 0.0737. The zero-order valence-corrected chi connectivity index (χ0v) is 15.2. The minimum atomic E-state index is -1.28. The van der Waals surface area contributed by atoms with Crippen LogP contribution >= 0.6 is 0 Å². The number of aliphatic hydroxyl groups is 1. The lowest BCUT2D eigenvalue weighted by Gasteiger charge is -2.58. The normalized spacial score (nSPS) is 54.4. The van der Waals surface area contributed by atoms with Crippen molar-refractivity contribution in [1.82, 2.24) is 0 Å². The molecule has 1 saturated heterocycles. The van der Waals surface area contributed by atoms with Crippen molar-refractivity contribution in [3.8, 4) is 0 Å². The molecule has 5 rings (SSSR count). The van der Waals surface area contributed by atoms with Crippen molar-refractivity contribution in [3.05, 3.63) is 11.6 Å². The molecule has 25 heavy (non-hydrogen) atoms. The molecule has 4 fully saturated rings. The zero-order valence-electron chi connectivity index (χ0n) is 15.2. The quantitative estimate of drug-likeness (QED) is 0.734. The smallest absolute Gasteiger partial charge is 0.193 e. The summed E-state index contributed by atoms with van der Waals surface area (Å²) in [7, 11) is 0. The Bertz CT molecular complexity index is 696. The Kier molecular flexibility index (Phi) is 3.13. The van der Waals surface area contributed by atoms with Crippen molar-refractivity contribution in [2.45, 2.75) is 70.5 Å². The molecule has 5 aliphatic rings. The first-order chi connectivity index (χ1) is 11.8. The zero-order chi connectivity index (χ0) is 17.6. The maximum absolute atomic E-state index is 12.5. The molecule has 0 aromatic carbocycles. The van der Waals surface area contributed by atoms with E-state index in [2.05, 4.69) is 13.8 Å². The highest BCUT2D eigenvalue weighted by Crippen LogP contribution is 2.68. The Labute approximate surface area is 149 Å². The molecule has 0 amide bonds. The number of ether oxygens (including phenoxy) is 1. The predicted octanol–water partition coefficient (Wildman–Crippen LogP) is 2.83. The SMILES string of the molecule is C[C@]12CCC(=O)C=C1CC[C@H]1[C@H]2CC[C@@]2(C)[C@@H]1C[C@@H]1OCC(=O)[C@@]12O. The van der Waals surface area contributed by atoms with Crippen molar-refractivity contribution in [3.63, 3.8) is 0 Å². The Balaban J connectivity index is 1.53. The number of carbonyl (C=O) groups excluding carboxylic acids is 2. The molecule has 0 aromatic rings. The molecule has 0 aromatic heterocycles. The first kappa shape index (κ1) is 16.2. The summed E-state index contributed by atoms with van der Waals surface area (Å²) in [6.07, 6.45) is 8.06. The van der Waals surface area contributed by atoms with E-state index in [1.807, 2.05) is 6.08 Å². The second-order valence-electron chi connectivity index (χ2n) is 9.65. The van der Waals surface area contributed by atoms with E-state index < -0.39 is 5.60 Å². The van der Waals surface area contributed by atoms with E-state index in [9.17, 15) is 14.7 Å². The van der Waals surface area contributed by atoms with E-state index in [1.165, 1.54) is 5.57 Å². The monoisotopic (exact) mass is 344 g/mol. The average molecular weight is 344 g/mol. The number of carbonyl (C=O) groups is 2. The Morgan fingerprint density at radius 1 is 1.12 bits per heavy atom. The summed E-state index contributed by atoms with van der Waals surface area (Å²) >= 11 is 0. The van der Waals surface area contributed by atoms with E-state index in [-0.39, 0.29) is 35.1 Å². The van der Waals surface area contributed by atoms with Gasteiger partial charge in [0.2, 0.25) is 0 Å². The van der Waals surface area contributed by atoms with Crippen molar-refractivity contribution >= 4 is 11.6 Å². The largest absolute Gasteiger partial charge is 0.379 e. The highest BCUT2D eigenvalue weighted by Gasteiger charge is 2.72. The van der Waals surface area contributed by atoms with Crippen LogP contribution in [0.3, 0.4) is 0 Å². The van der Waals surface area contributed by atoms with Crippen LogP contribution in [-0.4, -0.2) is 35.0 Å². The Morgan fingerprint density at radius 2 is 1.92 bits per heavy atom. The van der Waals surface area contributed by atoms with Crippen LogP contribution in [0.2, 0.25) is 0 Å². The molecule has 0 spiro atoms. The molecule has 0 radical (unpaired) electrons. The highest BCUT2D eigenvalue weighted by atomic mass is 16.5. The molecule has 4 nitrogen and oxygen atoms in total. The summed E-state index contributed by atoms with van der Waals surface area (Å²) < 4.78 is 5.72. The minimum Gasteiger partial charge on any atom is -0.379 e. The van der Waals surface area contributed by atoms with Gasteiger partial charge in [-0.1, -0.05) is 19.4 Å². The molecule has 0 bridgehead atoms. The topological polar surface area (TPSA) is 63.6 Å². The maximum atomic E-state index is 12.5. The molecule has 3 saturated carbocycles. The Hall–Kier alpha value is -1.00. The predicted molar refractivity (Wildman–Crippen MR) is 91.8 cm³/mol. The van der Waals surface area contributed by atoms with Crippen LogP contribution in [0, 0.1) is 28.6 Å². The van der Waals surface area contributed by atoms with Gasteiger partial charge in [-0.2, -0.15) is 0 Å². The number of ketones is 2. The van der Waals surface area contributed by atoms with Gasteiger partial charge in [-0.05, 0) is 67.8 Å². The van der Waals surface area contributed by atoms with Crippen LogP contribution in [0.1, 0.15) is 58.8 Å². The van der Waals surface area contributed by atoms with Crippen molar-refractivity contribution < 1.29 is 19.4 Å². The van der Waals surface area contributed by atoms with E-state index >= 15 is 0 Å². The molecular formula is C21H28O4. The molecule has 1 N–H and O–H groups in total. The van der Waals surface area contributed by atoms with E-state index in [0.29, 0.717) is 24.2 Å². The third-order valence-corrected chi connectivity index (χ3v) is 9.00. The Morgan fingerprint density at radius 3 is 2.72 bits per heavy atom. The fourth-order valence-electron chi connectivity index (χ4n) is 7.53. The van der Waals surface area contributed by atoms with E-state index in [4.69, 9.17) is 4.74 Å². The summed E-state index contributed by atoms with van der Waals surface area (Å²) in [6, 6.07) is 0. The number of hydrogen-bond donors (Lipinski definition) is 1. The van der Waals surface area contributed by atoms with Crippen LogP contribution in [0.15, 0.2) is 11.6 Å². The average Bonchev–Trinajstić information content (AvgIpc) is 2.99. The fourth-order valence-corrected chi connectivity index (χ4v) is 7.53. The van der Waals surface area contributed by atoms with Gasteiger partial charge in [-0.3, -0.25) is 9.59 Å². The number of hydrogen-bond acceptors (Lipinski definition) is 4.